The molecule has 0 aliphatic rings. The maximum atomic E-state index is 11.9. The minimum Gasteiger partial charge on any atom is -0.272 e. The first kappa shape index (κ1) is 16.8. The number of para-hydroxylation sites is 1. The molecular formula is C17H16N6OS. The van der Waals surface area contributed by atoms with Crippen molar-refractivity contribution in [2.45, 2.75) is 12.1 Å². The molecule has 1 amide bonds. The van der Waals surface area contributed by atoms with Gasteiger partial charge in [0.15, 0.2) is 0 Å². The van der Waals surface area contributed by atoms with Gasteiger partial charge < -0.3 is 0 Å². The molecule has 7 nitrogen and oxygen atoms in total. The molecule has 0 radical (unpaired) electrons. The topological polar surface area (TPSA) is 85.1 Å². The van der Waals surface area contributed by atoms with Gasteiger partial charge in [0, 0.05) is 0 Å². The van der Waals surface area contributed by atoms with E-state index in [1.54, 1.807) is 10.9 Å². The first-order valence-corrected chi connectivity index (χ1v) is 8.56. The third-order valence-corrected chi connectivity index (χ3v) is 4.17. The summed E-state index contributed by atoms with van der Waals surface area (Å²) in [6.07, 6.45) is 1.61. The van der Waals surface area contributed by atoms with Crippen molar-refractivity contribution in [1.29, 1.82) is 0 Å². The number of amides is 1. The van der Waals surface area contributed by atoms with Gasteiger partial charge in [-0.2, -0.15) is 9.78 Å². The zero-order valence-electron chi connectivity index (χ0n) is 13.5. The van der Waals surface area contributed by atoms with E-state index in [1.807, 2.05) is 61.5 Å². The van der Waals surface area contributed by atoms with E-state index in [0.717, 1.165) is 11.3 Å². The Morgan fingerprint density at radius 3 is 2.72 bits per heavy atom. The molecule has 0 fully saturated rings. The van der Waals surface area contributed by atoms with Gasteiger partial charge in [-0.1, -0.05) is 59.8 Å². The number of aryl methyl sites for hydroxylation is 1. The maximum Gasteiger partial charge on any atom is 0.250 e. The van der Waals surface area contributed by atoms with Crippen LogP contribution >= 0.6 is 11.8 Å². The highest BCUT2D eigenvalue weighted by Gasteiger charge is 2.10. The number of rotatable bonds is 6. The quantitative estimate of drug-likeness (QED) is 0.418. The molecule has 2 aromatic carbocycles. The van der Waals surface area contributed by atoms with E-state index in [1.165, 1.54) is 17.3 Å². The Morgan fingerprint density at radius 2 is 1.96 bits per heavy atom. The van der Waals surface area contributed by atoms with E-state index >= 15 is 0 Å². The predicted molar refractivity (Wildman–Crippen MR) is 96.8 cm³/mol. The van der Waals surface area contributed by atoms with Crippen LogP contribution in [0.4, 0.5) is 0 Å². The summed E-state index contributed by atoms with van der Waals surface area (Å²) in [4.78, 5) is 11.9. The second-order valence-corrected chi connectivity index (χ2v) is 6.14. The van der Waals surface area contributed by atoms with Crippen molar-refractivity contribution >= 4 is 23.9 Å². The standard InChI is InChI=1S/C17H16N6OS/c1-13-7-9-14(10-8-13)11-18-19-16(24)12-25-17-20-21-22-23(17)15-5-3-2-4-6-15/h2-11H,12H2,1H3,(H,19,24)/b18-11+. The van der Waals surface area contributed by atoms with Crippen LogP contribution in [-0.2, 0) is 4.79 Å². The Labute approximate surface area is 149 Å². The van der Waals surface area contributed by atoms with Crippen LogP contribution in [0.1, 0.15) is 11.1 Å². The lowest BCUT2D eigenvalue weighted by molar-refractivity contribution is -0.118. The number of carbonyl (C=O) groups is 1. The van der Waals surface area contributed by atoms with Crippen LogP contribution in [0.5, 0.6) is 0 Å². The highest BCUT2D eigenvalue weighted by molar-refractivity contribution is 7.99. The maximum absolute atomic E-state index is 11.9. The number of hydrazone groups is 1. The first-order valence-electron chi connectivity index (χ1n) is 7.57. The minimum absolute atomic E-state index is 0.165. The van der Waals surface area contributed by atoms with Crippen molar-refractivity contribution in [3.8, 4) is 5.69 Å². The van der Waals surface area contributed by atoms with Crippen molar-refractivity contribution in [2.75, 3.05) is 5.75 Å². The first-order chi connectivity index (χ1) is 12.2. The smallest absolute Gasteiger partial charge is 0.250 e. The Morgan fingerprint density at radius 1 is 1.20 bits per heavy atom. The number of carbonyl (C=O) groups excluding carboxylic acids is 1. The fraction of sp³-hybridized carbons (Fsp3) is 0.118. The summed E-state index contributed by atoms with van der Waals surface area (Å²) < 4.78 is 1.59. The average Bonchev–Trinajstić information content (AvgIpc) is 3.11. The molecule has 1 aromatic heterocycles. The van der Waals surface area contributed by atoms with Crippen LogP contribution in [-0.4, -0.2) is 38.1 Å². The Kier molecular flexibility index (Phi) is 5.53. The number of benzene rings is 2. The summed E-state index contributed by atoms with van der Waals surface area (Å²) in [7, 11) is 0. The SMILES string of the molecule is Cc1ccc(/C=N/NC(=O)CSc2nnnn2-c2ccccc2)cc1. The molecule has 3 aromatic rings. The van der Waals surface area contributed by atoms with Crippen LogP contribution in [0.3, 0.4) is 0 Å². The van der Waals surface area contributed by atoms with Gasteiger partial charge >= 0.3 is 0 Å². The average molecular weight is 352 g/mol. The van der Waals surface area contributed by atoms with Crippen LogP contribution in [0.2, 0.25) is 0 Å². The summed E-state index contributed by atoms with van der Waals surface area (Å²) in [5.74, 6) is -0.0608. The Bertz CT molecular complexity index is 860. The number of nitrogens with zero attached hydrogens (tertiary/aromatic N) is 5. The third-order valence-electron chi connectivity index (χ3n) is 3.25. The number of tetrazole rings is 1. The van der Waals surface area contributed by atoms with E-state index in [-0.39, 0.29) is 11.7 Å². The minimum atomic E-state index is -0.226. The van der Waals surface area contributed by atoms with Gasteiger partial charge in [0.2, 0.25) is 5.16 Å². The number of hydrogen-bond acceptors (Lipinski definition) is 6. The number of hydrogen-bond donors (Lipinski definition) is 1. The fourth-order valence-corrected chi connectivity index (χ4v) is 2.68. The van der Waals surface area contributed by atoms with Crippen molar-refractivity contribution in [3.63, 3.8) is 0 Å². The van der Waals surface area contributed by atoms with Crippen LogP contribution in [0, 0.1) is 6.92 Å². The van der Waals surface area contributed by atoms with Crippen molar-refractivity contribution in [3.05, 3.63) is 65.7 Å². The van der Waals surface area contributed by atoms with Gasteiger partial charge in [-0.05, 0) is 35.0 Å². The zero-order valence-corrected chi connectivity index (χ0v) is 14.3. The normalized spacial score (nSPS) is 10.9. The van der Waals surface area contributed by atoms with Crippen LogP contribution in [0.15, 0.2) is 64.9 Å². The molecule has 0 saturated heterocycles. The van der Waals surface area contributed by atoms with Crippen LogP contribution in [0.25, 0.3) is 5.69 Å². The molecule has 0 saturated carbocycles. The van der Waals surface area contributed by atoms with Gasteiger partial charge in [-0.3, -0.25) is 4.79 Å². The third kappa shape index (κ3) is 4.74. The van der Waals surface area contributed by atoms with E-state index < -0.39 is 0 Å². The molecule has 0 spiro atoms. The number of thioether (sulfide) groups is 1. The molecule has 25 heavy (non-hydrogen) atoms. The molecular weight excluding hydrogens is 336 g/mol. The van der Waals surface area contributed by atoms with Gasteiger partial charge in [0.25, 0.3) is 5.91 Å². The molecule has 0 aliphatic heterocycles. The van der Waals surface area contributed by atoms with Gasteiger partial charge in [0.1, 0.15) is 0 Å². The lowest BCUT2D eigenvalue weighted by Crippen LogP contribution is -2.20. The highest BCUT2D eigenvalue weighted by atomic mass is 32.2. The Hall–Kier alpha value is -3.00. The van der Waals surface area contributed by atoms with Crippen LogP contribution < -0.4 is 5.43 Å². The van der Waals surface area contributed by atoms with E-state index in [0.29, 0.717) is 5.16 Å². The predicted octanol–water partition coefficient (Wildman–Crippen LogP) is 2.21. The molecule has 1 heterocycles. The molecule has 0 bridgehead atoms. The van der Waals surface area contributed by atoms with E-state index in [2.05, 4.69) is 26.1 Å². The lowest BCUT2D eigenvalue weighted by atomic mass is 10.2. The summed E-state index contributed by atoms with van der Waals surface area (Å²) in [5.41, 5.74) is 5.44. The number of aromatic nitrogens is 4. The van der Waals surface area contributed by atoms with Crippen molar-refractivity contribution in [1.82, 2.24) is 25.6 Å². The fourth-order valence-electron chi connectivity index (χ4n) is 1.99. The zero-order chi connectivity index (χ0) is 17.5. The highest BCUT2D eigenvalue weighted by Crippen LogP contribution is 2.17. The molecule has 126 valence electrons. The van der Waals surface area contributed by atoms with Crippen molar-refractivity contribution in [2.24, 2.45) is 5.10 Å². The van der Waals surface area contributed by atoms with E-state index in [4.69, 9.17) is 0 Å². The second kappa shape index (κ2) is 8.20. The van der Waals surface area contributed by atoms with E-state index in [9.17, 15) is 4.79 Å². The molecule has 0 atom stereocenters. The monoisotopic (exact) mass is 352 g/mol. The summed E-state index contributed by atoms with van der Waals surface area (Å²) in [6.45, 7) is 2.02. The van der Waals surface area contributed by atoms with Gasteiger partial charge in [0.05, 0.1) is 17.7 Å². The summed E-state index contributed by atoms with van der Waals surface area (Å²) in [5, 5.41) is 16.1. The molecule has 0 aliphatic carbocycles. The van der Waals surface area contributed by atoms with Crippen molar-refractivity contribution < 1.29 is 4.79 Å². The summed E-state index contributed by atoms with van der Waals surface area (Å²) >= 11 is 1.25. The van der Waals surface area contributed by atoms with Gasteiger partial charge in [-0.15, -0.1) is 5.10 Å². The molecule has 0 unspecified atom stereocenters. The molecule has 3 rings (SSSR count). The summed E-state index contributed by atoms with van der Waals surface area (Å²) in [6, 6.07) is 17.4. The largest absolute Gasteiger partial charge is 0.272 e. The Balaban J connectivity index is 1.53. The molecule has 8 heteroatoms. The molecule has 1 N–H and O–H groups in total. The van der Waals surface area contributed by atoms with Gasteiger partial charge in [-0.25, -0.2) is 5.43 Å². The second-order valence-electron chi connectivity index (χ2n) is 5.20. The number of nitrogens with one attached hydrogen (secondary N) is 1. The lowest BCUT2D eigenvalue weighted by Gasteiger charge is -2.03.